The fourth-order valence-corrected chi connectivity index (χ4v) is 2.74. The van der Waals surface area contributed by atoms with Gasteiger partial charge in [0, 0.05) is 19.6 Å². The summed E-state index contributed by atoms with van der Waals surface area (Å²) in [6, 6.07) is 16.9. The predicted molar refractivity (Wildman–Crippen MR) is 105 cm³/mol. The number of hydrogen-bond acceptors (Lipinski definition) is 3. The van der Waals surface area contributed by atoms with Gasteiger partial charge in [-0.1, -0.05) is 49.4 Å². The standard InChI is InChI=1S/C21H29N3O2/c1-4-20(18-10-12-19(25)13-11-18)22-21(26)24(15-14-23(2)3)16-17-8-6-5-7-9-17/h5-13,20,25H,4,14-16H2,1-3H3,(H,22,26)/t20-/m1/s1. The first kappa shape index (κ1) is 19.8. The third-order valence-corrected chi connectivity index (χ3v) is 4.32. The highest BCUT2D eigenvalue weighted by atomic mass is 16.3. The van der Waals surface area contributed by atoms with E-state index in [2.05, 4.69) is 10.2 Å². The molecule has 0 heterocycles. The third kappa shape index (κ3) is 6.08. The van der Waals surface area contributed by atoms with Crippen LogP contribution < -0.4 is 5.32 Å². The van der Waals surface area contributed by atoms with E-state index in [1.807, 2.05) is 68.4 Å². The minimum absolute atomic E-state index is 0.0735. The number of rotatable bonds is 8. The second kappa shape index (κ2) is 9.82. The minimum atomic E-state index is -0.0827. The molecule has 1 atom stereocenters. The maximum Gasteiger partial charge on any atom is 0.318 e. The van der Waals surface area contributed by atoms with Crippen LogP contribution in [0.4, 0.5) is 4.79 Å². The second-order valence-electron chi connectivity index (χ2n) is 6.71. The van der Waals surface area contributed by atoms with Crippen molar-refractivity contribution in [3.63, 3.8) is 0 Å². The molecule has 5 nitrogen and oxygen atoms in total. The van der Waals surface area contributed by atoms with Gasteiger partial charge < -0.3 is 20.2 Å². The van der Waals surface area contributed by atoms with Crippen LogP contribution in [0.3, 0.4) is 0 Å². The molecule has 0 fully saturated rings. The lowest BCUT2D eigenvalue weighted by Gasteiger charge is -2.27. The molecule has 0 bridgehead atoms. The third-order valence-electron chi connectivity index (χ3n) is 4.32. The normalized spacial score (nSPS) is 12.0. The van der Waals surface area contributed by atoms with Crippen molar-refractivity contribution in [2.75, 3.05) is 27.2 Å². The van der Waals surface area contributed by atoms with Crippen molar-refractivity contribution >= 4 is 6.03 Å². The first-order chi connectivity index (χ1) is 12.5. The van der Waals surface area contributed by atoms with Crippen molar-refractivity contribution in [3.05, 3.63) is 65.7 Å². The Hall–Kier alpha value is -2.53. The summed E-state index contributed by atoms with van der Waals surface area (Å²) in [7, 11) is 4.01. The van der Waals surface area contributed by atoms with E-state index < -0.39 is 0 Å². The van der Waals surface area contributed by atoms with Crippen LogP contribution in [0.2, 0.25) is 0 Å². The number of benzene rings is 2. The predicted octanol–water partition coefficient (Wildman–Crippen LogP) is 3.62. The van der Waals surface area contributed by atoms with Crippen LogP contribution in [0.15, 0.2) is 54.6 Å². The van der Waals surface area contributed by atoms with Crippen LogP contribution in [-0.2, 0) is 6.54 Å². The molecule has 2 amide bonds. The SMILES string of the molecule is CC[C@@H](NC(=O)N(CCN(C)C)Cc1ccccc1)c1ccc(O)cc1. The summed E-state index contributed by atoms with van der Waals surface area (Å²) in [5, 5.41) is 12.6. The van der Waals surface area contributed by atoms with Gasteiger partial charge in [0.15, 0.2) is 0 Å². The first-order valence-electron chi connectivity index (χ1n) is 9.02. The van der Waals surface area contributed by atoms with Crippen LogP contribution in [-0.4, -0.2) is 48.1 Å². The Morgan fingerprint density at radius 2 is 1.69 bits per heavy atom. The average molecular weight is 355 g/mol. The monoisotopic (exact) mass is 355 g/mol. The first-order valence-corrected chi connectivity index (χ1v) is 9.02. The number of phenols is 1. The van der Waals surface area contributed by atoms with E-state index in [0.717, 1.165) is 24.1 Å². The van der Waals surface area contributed by atoms with Crippen molar-refractivity contribution < 1.29 is 9.90 Å². The van der Waals surface area contributed by atoms with E-state index in [9.17, 15) is 9.90 Å². The van der Waals surface area contributed by atoms with E-state index in [1.54, 1.807) is 12.1 Å². The van der Waals surface area contributed by atoms with Gasteiger partial charge in [0.25, 0.3) is 0 Å². The molecule has 2 aromatic carbocycles. The molecule has 2 aromatic rings. The minimum Gasteiger partial charge on any atom is -0.508 e. The summed E-state index contributed by atoms with van der Waals surface area (Å²) in [4.78, 5) is 16.8. The number of nitrogens with one attached hydrogen (secondary N) is 1. The molecule has 2 N–H and O–H groups in total. The van der Waals surface area contributed by atoms with Gasteiger partial charge >= 0.3 is 6.03 Å². The number of phenolic OH excluding ortho intramolecular Hbond substituents is 1. The molecule has 2 rings (SSSR count). The van der Waals surface area contributed by atoms with Crippen molar-refractivity contribution in [2.24, 2.45) is 0 Å². The Morgan fingerprint density at radius 3 is 2.27 bits per heavy atom. The fraction of sp³-hybridized carbons (Fsp3) is 0.381. The van der Waals surface area contributed by atoms with Crippen molar-refractivity contribution in [2.45, 2.75) is 25.9 Å². The molecule has 140 valence electrons. The molecule has 0 saturated carbocycles. The van der Waals surface area contributed by atoms with Gasteiger partial charge in [-0.05, 0) is 43.8 Å². The lowest BCUT2D eigenvalue weighted by Crippen LogP contribution is -2.43. The van der Waals surface area contributed by atoms with Gasteiger partial charge in [0.05, 0.1) is 6.04 Å². The highest BCUT2D eigenvalue weighted by Gasteiger charge is 2.18. The molecular weight excluding hydrogens is 326 g/mol. The Labute approximate surface area is 156 Å². The summed E-state index contributed by atoms with van der Waals surface area (Å²) < 4.78 is 0. The summed E-state index contributed by atoms with van der Waals surface area (Å²) in [5.41, 5.74) is 2.10. The van der Waals surface area contributed by atoms with Gasteiger partial charge in [0.2, 0.25) is 0 Å². The zero-order valence-corrected chi connectivity index (χ0v) is 15.9. The Bertz CT molecular complexity index is 671. The van der Waals surface area contributed by atoms with Gasteiger partial charge in [0.1, 0.15) is 5.75 Å². The molecule has 5 heteroatoms. The van der Waals surface area contributed by atoms with Gasteiger partial charge in [-0.25, -0.2) is 4.79 Å². The van der Waals surface area contributed by atoms with Crippen LogP contribution >= 0.6 is 0 Å². The van der Waals surface area contributed by atoms with E-state index in [4.69, 9.17) is 0 Å². The van der Waals surface area contributed by atoms with E-state index >= 15 is 0 Å². The second-order valence-corrected chi connectivity index (χ2v) is 6.71. The lowest BCUT2D eigenvalue weighted by molar-refractivity contribution is 0.184. The lowest BCUT2D eigenvalue weighted by atomic mass is 10.0. The summed E-state index contributed by atoms with van der Waals surface area (Å²) >= 11 is 0. The van der Waals surface area contributed by atoms with Crippen LogP contribution in [0.1, 0.15) is 30.5 Å². The number of nitrogens with zero attached hydrogens (tertiary/aromatic N) is 2. The topological polar surface area (TPSA) is 55.8 Å². The summed E-state index contributed by atoms with van der Waals surface area (Å²) in [5.74, 6) is 0.228. The van der Waals surface area contributed by atoms with Gasteiger partial charge in [-0.2, -0.15) is 0 Å². The van der Waals surface area contributed by atoms with E-state index in [0.29, 0.717) is 13.1 Å². The molecule has 0 spiro atoms. The Morgan fingerprint density at radius 1 is 1.04 bits per heavy atom. The highest BCUT2D eigenvalue weighted by Crippen LogP contribution is 2.20. The molecule has 0 aliphatic rings. The molecule has 0 unspecified atom stereocenters. The maximum atomic E-state index is 12.9. The Kier molecular flexibility index (Phi) is 7.48. The molecule has 0 radical (unpaired) electrons. The number of likely N-dealkylation sites (N-methyl/N-ethyl adjacent to an activating group) is 1. The number of amides is 2. The van der Waals surface area contributed by atoms with Gasteiger partial charge in [-0.15, -0.1) is 0 Å². The largest absolute Gasteiger partial charge is 0.508 e. The Balaban J connectivity index is 2.09. The quantitative estimate of drug-likeness (QED) is 0.760. The molecule has 0 aliphatic heterocycles. The van der Waals surface area contributed by atoms with E-state index in [1.165, 1.54) is 0 Å². The summed E-state index contributed by atoms with van der Waals surface area (Å²) in [6.45, 7) is 4.07. The summed E-state index contributed by atoms with van der Waals surface area (Å²) in [6.07, 6.45) is 0.781. The highest BCUT2D eigenvalue weighted by molar-refractivity contribution is 5.74. The van der Waals surface area contributed by atoms with Crippen molar-refractivity contribution in [1.82, 2.24) is 15.1 Å². The van der Waals surface area contributed by atoms with Crippen LogP contribution in [0.25, 0.3) is 0 Å². The zero-order valence-electron chi connectivity index (χ0n) is 15.9. The van der Waals surface area contributed by atoms with Crippen LogP contribution in [0.5, 0.6) is 5.75 Å². The van der Waals surface area contributed by atoms with Crippen LogP contribution in [0, 0.1) is 0 Å². The molecule has 0 saturated heterocycles. The average Bonchev–Trinajstić information content (AvgIpc) is 2.64. The zero-order chi connectivity index (χ0) is 18.9. The fourth-order valence-electron chi connectivity index (χ4n) is 2.74. The van der Waals surface area contributed by atoms with E-state index in [-0.39, 0.29) is 17.8 Å². The molecule has 0 aliphatic carbocycles. The van der Waals surface area contributed by atoms with Crippen molar-refractivity contribution in [3.8, 4) is 5.75 Å². The molecule has 0 aromatic heterocycles. The number of carbonyl (C=O) groups is 1. The smallest absolute Gasteiger partial charge is 0.318 e. The van der Waals surface area contributed by atoms with Gasteiger partial charge in [-0.3, -0.25) is 0 Å². The number of hydrogen-bond donors (Lipinski definition) is 2. The van der Waals surface area contributed by atoms with Crippen molar-refractivity contribution in [1.29, 1.82) is 0 Å². The maximum absolute atomic E-state index is 12.9. The molecular formula is C21H29N3O2. The molecule has 26 heavy (non-hydrogen) atoms. The number of urea groups is 1. The number of carbonyl (C=O) groups excluding carboxylic acids is 1. The number of aromatic hydroxyl groups is 1.